The third-order valence-electron chi connectivity index (χ3n) is 9.73. The van der Waals surface area contributed by atoms with Gasteiger partial charge < -0.3 is 10.6 Å². The highest BCUT2D eigenvalue weighted by molar-refractivity contribution is 7.89. The van der Waals surface area contributed by atoms with Crippen molar-refractivity contribution in [1.82, 2.24) is 19.6 Å². The number of para-hydroxylation sites is 1. The zero-order valence-electron chi connectivity index (χ0n) is 27.8. The molecule has 1 aliphatic heterocycles. The van der Waals surface area contributed by atoms with Crippen molar-refractivity contribution in [1.29, 1.82) is 0 Å². The predicted molar refractivity (Wildman–Crippen MR) is 190 cm³/mol. The van der Waals surface area contributed by atoms with Crippen LogP contribution in [-0.2, 0) is 28.9 Å². The number of piperidine rings is 1. The molecule has 52 heavy (non-hydrogen) atoms. The van der Waals surface area contributed by atoms with Crippen molar-refractivity contribution < 1.29 is 34.8 Å². The molecule has 1 aliphatic carbocycles. The van der Waals surface area contributed by atoms with E-state index in [1.165, 1.54) is 5.56 Å². The third kappa shape index (κ3) is 10.1. The number of hydrogen-bond acceptors (Lipinski definition) is 7. The number of benzene rings is 3. The molecule has 4 aromatic rings. The van der Waals surface area contributed by atoms with Crippen LogP contribution in [0.4, 0.5) is 38.1 Å². The highest BCUT2D eigenvalue weighted by Gasteiger charge is 2.38. The molecular formula is C37H44F6N6O2S. The molecule has 3 aromatic carbocycles. The maximum absolute atomic E-state index is 13.3. The Labute approximate surface area is 300 Å². The normalized spacial score (nSPS) is 19.3. The van der Waals surface area contributed by atoms with Gasteiger partial charge in [0, 0.05) is 44.2 Å². The first-order valence-electron chi connectivity index (χ1n) is 17.1. The van der Waals surface area contributed by atoms with Crippen LogP contribution < -0.4 is 15.4 Å². The monoisotopic (exact) mass is 750 g/mol. The van der Waals surface area contributed by atoms with Crippen LogP contribution in [0.15, 0.2) is 77.7 Å². The smallest absolute Gasteiger partial charge is 0.367 e. The summed E-state index contributed by atoms with van der Waals surface area (Å²) in [7, 11) is -4.62. The van der Waals surface area contributed by atoms with Gasteiger partial charge in [-0.2, -0.15) is 31.3 Å². The molecule has 15 heteroatoms. The number of rotatable bonds is 11. The molecule has 3 N–H and O–H groups in total. The second kappa shape index (κ2) is 16.4. The van der Waals surface area contributed by atoms with Gasteiger partial charge in [-0.25, -0.2) is 18.1 Å². The quantitative estimate of drug-likeness (QED) is 0.132. The van der Waals surface area contributed by atoms with E-state index in [2.05, 4.69) is 44.5 Å². The number of alkyl halides is 6. The number of likely N-dealkylation sites (tertiary alicyclic amines) is 1. The first-order valence-corrected chi connectivity index (χ1v) is 18.5. The van der Waals surface area contributed by atoms with Gasteiger partial charge in [0.15, 0.2) is 0 Å². The van der Waals surface area contributed by atoms with Crippen molar-refractivity contribution in [3.8, 4) is 0 Å². The minimum Gasteiger partial charge on any atom is -0.367 e. The Bertz CT molecular complexity index is 1860. The van der Waals surface area contributed by atoms with E-state index in [1.807, 2.05) is 30.3 Å². The van der Waals surface area contributed by atoms with E-state index in [1.54, 1.807) is 0 Å². The Morgan fingerprint density at radius 1 is 0.731 bits per heavy atom. The number of nitrogens with zero attached hydrogens (tertiary/aromatic N) is 3. The lowest BCUT2D eigenvalue weighted by Crippen LogP contribution is -2.38. The molecule has 0 bridgehead atoms. The van der Waals surface area contributed by atoms with Crippen molar-refractivity contribution in [2.24, 2.45) is 11.8 Å². The molecule has 6 rings (SSSR count). The molecule has 2 aliphatic rings. The zero-order chi connectivity index (χ0) is 36.2. The van der Waals surface area contributed by atoms with Gasteiger partial charge in [-0.1, -0.05) is 49.9 Å². The summed E-state index contributed by atoms with van der Waals surface area (Å²) in [5.74, 6) is 1.42. The molecule has 2 heterocycles. The Morgan fingerprint density at radius 3 is 1.92 bits per heavy atom. The van der Waals surface area contributed by atoms with Crippen molar-refractivity contribution in [2.45, 2.75) is 75.8 Å². The summed E-state index contributed by atoms with van der Waals surface area (Å²) in [5.41, 5.74) is -1.23. The standard InChI is InChI=1S/C36H40F6N6O2S.CH4/c37-35(38,39)27-18-28(36(40,41)42)20-30(19-27)51(49,50)44-22-25-12-10-24(11-13-25)21-43-34-46-32-9-5-4-8-31(32)33(47-34)45-29-14-16-48(17-15-29)23-26-6-2-1-3-7-26;/h1-9,18-20,24-25,29,44H,10-17,21-23H2,(H2,43,45,46,47);1H4. The first kappa shape index (κ1) is 39.3. The Kier molecular flexibility index (Phi) is 12.4. The van der Waals surface area contributed by atoms with Crippen LogP contribution in [0, 0.1) is 11.8 Å². The molecule has 2 fully saturated rings. The molecule has 8 nitrogen and oxygen atoms in total. The van der Waals surface area contributed by atoms with Gasteiger partial charge in [-0.15, -0.1) is 0 Å². The summed E-state index contributed by atoms with van der Waals surface area (Å²) in [6.45, 7) is 3.40. The number of aromatic nitrogens is 2. The van der Waals surface area contributed by atoms with Gasteiger partial charge in [-0.05, 0) is 86.3 Å². The average Bonchev–Trinajstić information content (AvgIpc) is 3.11. The van der Waals surface area contributed by atoms with Crippen LogP contribution in [0.3, 0.4) is 0 Å². The van der Waals surface area contributed by atoms with Crippen LogP contribution in [0.5, 0.6) is 0 Å². The third-order valence-corrected chi connectivity index (χ3v) is 11.1. The maximum atomic E-state index is 13.3. The fourth-order valence-corrected chi connectivity index (χ4v) is 7.99. The number of sulfonamides is 1. The lowest BCUT2D eigenvalue weighted by molar-refractivity contribution is -0.143. The van der Waals surface area contributed by atoms with Crippen LogP contribution in [0.1, 0.15) is 62.6 Å². The molecule has 0 atom stereocenters. The lowest BCUT2D eigenvalue weighted by Gasteiger charge is -2.33. The van der Waals surface area contributed by atoms with Crippen molar-refractivity contribution >= 4 is 32.7 Å². The van der Waals surface area contributed by atoms with E-state index < -0.39 is 38.4 Å². The molecule has 1 saturated heterocycles. The van der Waals surface area contributed by atoms with Crippen LogP contribution >= 0.6 is 0 Å². The Hall–Kier alpha value is -3.95. The fourth-order valence-electron chi connectivity index (χ4n) is 6.80. The summed E-state index contributed by atoms with van der Waals surface area (Å²) in [6, 6.07) is 18.9. The number of nitrogens with one attached hydrogen (secondary N) is 3. The molecule has 0 unspecified atom stereocenters. The van der Waals surface area contributed by atoms with E-state index in [-0.39, 0.29) is 50.0 Å². The van der Waals surface area contributed by atoms with Gasteiger partial charge in [0.25, 0.3) is 0 Å². The van der Waals surface area contributed by atoms with E-state index in [0.717, 1.165) is 62.0 Å². The van der Waals surface area contributed by atoms with Crippen LogP contribution in [-0.4, -0.2) is 55.5 Å². The second-order valence-electron chi connectivity index (χ2n) is 13.5. The maximum Gasteiger partial charge on any atom is 0.416 e. The summed E-state index contributed by atoms with van der Waals surface area (Å²) >= 11 is 0. The molecular weight excluding hydrogens is 707 g/mol. The van der Waals surface area contributed by atoms with Gasteiger partial charge in [0.05, 0.1) is 21.5 Å². The highest BCUT2D eigenvalue weighted by Crippen LogP contribution is 2.37. The van der Waals surface area contributed by atoms with E-state index in [4.69, 9.17) is 9.97 Å². The number of hydrogen-bond donors (Lipinski definition) is 3. The Balaban J connectivity index is 0.00000523. The van der Waals surface area contributed by atoms with Crippen molar-refractivity contribution in [3.05, 3.63) is 89.5 Å². The molecule has 1 aromatic heterocycles. The summed E-state index contributed by atoms with van der Waals surface area (Å²) in [4.78, 5) is 11.0. The van der Waals surface area contributed by atoms with Crippen molar-refractivity contribution in [3.63, 3.8) is 0 Å². The topological polar surface area (TPSA) is 99.2 Å². The zero-order valence-corrected chi connectivity index (χ0v) is 28.6. The van der Waals surface area contributed by atoms with E-state index in [0.29, 0.717) is 25.3 Å². The van der Waals surface area contributed by atoms with E-state index in [9.17, 15) is 34.8 Å². The van der Waals surface area contributed by atoms with Gasteiger partial charge in [-0.3, -0.25) is 4.90 Å². The highest BCUT2D eigenvalue weighted by atomic mass is 32.2. The SMILES string of the molecule is C.O=S(=O)(NCC1CCC(CNc2nc(NC3CCN(Cc4ccccc4)CC3)c3ccccc3n2)CC1)c1cc(C(F)(F)F)cc(C(F)(F)F)c1. The summed E-state index contributed by atoms with van der Waals surface area (Å²) in [5, 5.41) is 7.99. The first-order chi connectivity index (χ1) is 24.2. The van der Waals surface area contributed by atoms with Gasteiger partial charge in [0.2, 0.25) is 16.0 Å². The molecule has 1 saturated carbocycles. The Morgan fingerprint density at radius 2 is 1.31 bits per heavy atom. The van der Waals surface area contributed by atoms with Crippen molar-refractivity contribution in [2.75, 3.05) is 36.8 Å². The number of anilines is 2. The minimum absolute atomic E-state index is 0. The van der Waals surface area contributed by atoms with Crippen LogP contribution in [0.25, 0.3) is 10.9 Å². The van der Waals surface area contributed by atoms with Crippen LogP contribution in [0.2, 0.25) is 0 Å². The predicted octanol–water partition coefficient (Wildman–Crippen LogP) is 8.58. The van der Waals surface area contributed by atoms with Gasteiger partial charge >= 0.3 is 12.4 Å². The molecule has 0 radical (unpaired) electrons. The van der Waals surface area contributed by atoms with E-state index >= 15 is 0 Å². The fraction of sp³-hybridized carbons (Fsp3) is 0.459. The minimum atomic E-state index is -5.14. The molecule has 282 valence electrons. The lowest BCUT2D eigenvalue weighted by atomic mass is 9.82. The average molecular weight is 751 g/mol. The second-order valence-corrected chi connectivity index (χ2v) is 15.2. The largest absolute Gasteiger partial charge is 0.416 e. The molecule has 0 spiro atoms. The van der Waals surface area contributed by atoms with Gasteiger partial charge in [0.1, 0.15) is 5.82 Å². The molecule has 0 amide bonds. The summed E-state index contributed by atoms with van der Waals surface area (Å²) in [6.07, 6.45) is -5.53. The number of fused-ring (bicyclic) bond motifs is 1. The number of halogens is 6. The summed E-state index contributed by atoms with van der Waals surface area (Å²) < 4.78 is 107.